The quantitative estimate of drug-likeness (QED) is 0.800. The molecule has 0 aromatic carbocycles. The van der Waals surface area contributed by atoms with Crippen molar-refractivity contribution in [1.82, 2.24) is 10.2 Å². The van der Waals surface area contributed by atoms with E-state index in [1.54, 1.807) is 0 Å². The second kappa shape index (κ2) is 3.54. The normalized spacial score (nSPS) is 17.8. The first-order chi connectivity index (χ1) is 7.07. The fraction of sp³-hybridized carbons (Fsp3) is 0.750. The van der Waals surface area contributed by atoms with Crippen LogP contribution in [0.15, 0.2) is 0 Å². The Balaban J connectivity index is 2.34. The topological polar surface area (TPSA) is 54.7 Å². The van der Waals surface area contributed by atoms with Gasteiger partial charge < -0.3 is 5.73 Å². The summed E-state index contributed by atoms with van der Waals surface area (Å²) in [6.45, 7) is 6.76. The Kier molecular flexibility index (Phi) is 2.49. The van der Waals surface area contributed by atoms with Crippen molar-refractivity contribution in [3.05, 3.63) is 11.3 Å². The summed E-state index contributed by atoms with van der Waals surface area (Å²) < 4.78 is 0. The van der Waals surface area contributed by atoms with Gasteiger partial charge >= 0.3 is 0 Å². The van der Waals surface area contributed by atoms with E-state index in [2.05, 4.69) is 31.0 Å². The second-order valence-electron chi connectivity index (χ2n) is 5.17. The van der Waals surface area contributed by atoms with Crippen molar-refractivity contribution < 1.29 is 0 Å². The molecule has 84 valence electrons. The van der Waals surface area contributed by atoms with Crippen LogP contribution in [0.3, 0.4) is 0 Å². The minimum atomic E-state index is 0.203. The lowest BCUT2D eigenvalue weighted by atomic mass is 9.65. The molecule has 0 bridgehead atoms. The number of nitrogens with two attached hydrogens (primary N) is 1. The molecule has 15 heavy (non-hydrogen) atoms. The van der Waals surface area contributed by atoms with E-state index >= 15 is 0 Å². The van der Waals surface area contributed by atoms with E-state index in [1.807, 2.05) is 0 Å². The zero-order valence-electron chi connectivity index (χ0n) is 9.93. The Labute approximate surface area is 91.4 Å². The molecule has 1 saturated carbocycles. The van der Waals surface area contributed by atoms with Crippen molar-refractivity contribution in [3.63, 3.8) is 0 Å². The van der Waals surface area contributed by atoms with Crippen LogP contribution in [0.25, 0.3) is 0 Å². The summed E-state index contributed by atoms with van der Waals surface area (Å²) in [7, 11) is 0. The summed E-state index contributed by atoms with van der Waals surface area (Å²) in [6, 6.07) is 0. The van der Waals surface area contributed by atoms with Gasteiger partial charge in [-0.2, -0.15) is 5.10 Å². The fourth-order valence-electron chi connectivity index (χ4n) is 2.60. The van der Waals surface area contributed by atoms with Gasteiger partial charge in [-0.25, -0.2) is 0 Å². The average molecular weight is 207 g/mol. The molecule has 2 rings (SSSR count). The lowest BCUT2D eigenvalue weighted by molar-refractivity contribution is 0.189. The third-order valence-electron chi connectivity index (χ3n) is 4.02. The highest BCUT2D eigenvalue weighted by Crippen LogP contribution is 2.44. The maximum atomic E-state index is 5.87. The summed E-state index contributed by atoms with van der Waals surface area (Å²) in [5, 5.41) is 7.29. The van der Waals surface area contributed by atoms with Crippen LogP contribution in [0.4, 0.5) is 5.82 Å². The number of hydrogen-bond acceptors (Lipinski definition) is 2. The minimum Gasteiger partial charge on any atom is -0.382 e. The molecule has 3 heteroatoms. The van der Waals surface area contributed by atoms with Crippen LogP contribution in [-0.2, 0) is 11.8 Å². The first-order valence-electron chi connectivity index (χ1n) is 5.90. The first kappa shape index (κ1) is 10.5. The average Bonchev–Trinajstić information content (AvgIpc) is 2.42. The number of nitrogens with zero attached hydrogens (tertiary/aromatic N) is 1. The Morgan fingerprint density at radius 1 is 1.47 bits per heavy atom. The summed E-state index contributed by atoms with van der Waals surface area (Å²) in [5.74, 6) is 1.47. The Morgan fingerprint density at radius 2 is 2.13 bits per heavy atom. The highest BCUT2D eigenvalue weighted by molar-refractivity contribution is 5.45. The predicted octanol–water partition coefficient (Wildman–Crippen LogP) is 2.63. The number of nitrogens with one attached hydrogen (secondary N) is 1. The van der Waals surface area contributed by atoms with Gasteiger partial charge in [-0.3, -0.25) is 5.10 Å². The number of nitrogen functional groups attached to an aromatic ring is 1. The number of H-pyrrole nitrogens is 1. The monoisotopic (exact) mass is 207 g/mol. The molecule has 0 atom stereocenters. The largest absolute Gasteiger partial charge is 0.382 e. The molecule has 0 unspecified atom stereocenters. The molecular formula is C12H21N3. The molecule has 1 heterocycles. The Bertz CT molecular complexity index is 348. The molecule has 0 aliphatic heterocycles. The van der Waals surface area contributed by atoms with E-state index in [9.17, 15) is 0 Å². The molecular weight excluding hydrogens is 186 g/mol. The molecule has 1 fully saturated rings. The lowest BCUT2D eigenvalue weighted by Crippen LogP contribution is -2.34. The van der Waals surface area contributed by atoms with Gasteiger partial charge in [0.15, 0.2) is 0 Å². The van der Waals surface area contributed by atoms with E-state index in [0.717, 1.165) is 12.3 Å². The van der Waals surface area contributed by atoms with Crippen LogP contribution >= 0.6 is 0 Å². The van der Waals surface area contributed by atoms with Crippen molar-refractivity contribution in [2.45, 2.75) is 51.9 Å². The summed E-state index contributed by atoms with van der Waals surface area (Å²) in [6.07, 6.45) is 5.02. The SMILES string of the molecule is CCc1c(N)n[nH]c1C(C)(C)C1CCC1. The number of aromatic nitrogens is 2. The molecule has 1 aliphatic carbocycles. The van der Waals surface area contributed by atoms with Crippen molar-refractivity contribution in [2.24, 2.45) is 5.92 Å². The minimum absolute atomic E-state index is 0.203. The first-order valence-corrected chi connectivity index (χ1v) is 5.90. The standard InChI is InChI=1S/C12H21N3/c1-4-9-10(14-15-11(9)13)12(2,3)8-6-5-7-8/h8H,4-7H2,1-3H3,(H3,13,14,15). The molecule has 0 spiro atoms. The van der Waals surface area contributed by atoms with Gasteiger partial charge in [0.1, 0.15) is 5.82 Å². The van der Waals surface area contributed by atoms with E-state index < -0.39 is 0 Å². The predicted molar refractivity (Wildman–Crippen MR) is 62.7 cm³/mol. The molecule has 1 aliphatic rings. The molecule has 0 amide bonds. The van der Waals surface area contributed by atoms with Gasteiger partial charge in [0, 0.05) is 16.7 Å². The number of anilines is 1. The molecule has 3 N–H and O–H groups in total. The van der Waals surface area contributed by atoms with Crippen LogP contribution in [-0.4, -0.2) is 10.2 Å². The van der Waals surface area contributed by atoms with Crippen molar-refractivity contribution in [1.29, 1.82) is 0 Å². The van der Waals surface area contributed by atoms with E-state index in [1.165, 1.54) is 30.5 Å². The molecule has 1 aromatic rings. The maximum absolute atomic E-state index is 5.87. The van der Waals surface area contributed by atoms with Gasteiger partial charge in [0.25, 0.3) is 0 Å². The van der Waals surface area contributed by atoms with E-state index in [4.69, 9.17) is 5.73 Å². The van der Waals surface area contributed by atoms with Gasteiger partial charge in [-0.15, -0.1) is 0 Å². The third kappa shape index (κ3) is 1.54. The van der Waals surface area contributed by atoms with Crippen molar-refractivity contribution in [3.8, 4) is 0 Å². The highest BCUT2D eigenvalue weighted by Gasteiger charge is 2.38. The zero-order chi connectivity index (χ0) is 11.1. The smallest absolute Gasteiger partial charge is 0.148 e. The van der Waals surface area contributed by atoms with E-state index in [0.29, 0.717) is 5.82 Å². The fourth-order valence-corrected chi connectivity index (χ4v) is 2.60. The third-order valence-corrected chi connectivity index (χ3v) is 4.02. The Morgan fingerprint density at radius 3 is 2.60 bits per heavy atom. The van der Waals surface area contributed by atoms with Crippen molar-refractivity contribution >= 4 is 5.82 Å². The van der Waals surface area contributed by atoms with Crippen LogP contribution in [0.1, 0.15) is 51.3 Å². The molecule has 3 nitrogen and oxygen atoms in total. The van der Waals surface area contributed by atoms with Crippen LogP contribution < -0.4 is 5.73 Å². The van der Waals surface area contributed by atoms with E-state index in [-0.39, 0.29) is 5.41 Å². The number of rotatable bonds is 3. The van der Waals surface area contributed by atoms with Gasteiger partial charge in [-0.05, 0) is 25.2 Å². The molecule has 0 saturated heterocycles. The van der Waals surface area contributed by atoms with Gasteiger partial charge in [-0.1, -0.05) is 27.2 Å². The number of aromatic amines is 1. The number of hydrogen-bond donors (Lipinski definition) is 2. The summed E-state index contributed by atoms with van der Waals surface area (Å²) in [5.41, 5.74) is 8.54. The van der Waals surface area contributed by atoms with Crippen LogP contribution in [0, 0.1) is 5.92 Å². The molecule has 1 aromatic heterocycles. The van der Waals surface area contributed by atoms with Crippen LogP contribution in [0.2, 0.25) is 0 Å². The maximum Gasteiger partial charge on any atom is 0.148 e. The molecule has 0 radical (unpaired) electrons. The van der Waals surface area contributed by atoms with Crippen molar-refractivity contribution in [2.75, 3.05) is 5.73 Å². The van der Waals surface area contributed by atoms with Gasteiger partial charge in [0.05, 0.1) is 0 Å². The van der Waals surface area contributed by atoms with Crippen LogP contribution in [0.5, 0.6) is 0 Å². The van der Waals surface area contributed by atoms with Gasteiger partial charge in [0.2, 0.25) is 0 Å². The zero-order valence-corrected chi connectivity index (χ0v) is 9.93. The highest BCUT2D eigenvalue weighted by atomic mass is 15.2. The lowest BCUT2D eigenvalue weighted by Gasteiger charge is -2.40. The second-order valence-corrected chi connectivity index (χ2v) is 5.17. The summed E-state index contributed by atoms with van der Waals surface area (Å²) >= 11 is 0. The Hall–Kier alpha value is -0.990. The summed E-state index contributed by atoms with van der Waals surface area (Å²) in [4.78, 5) is 0.